The van der Waals surface area contributed by atoms with Crippen molar-refractivity contribution < 1.29 is 9.59 Å². The van der Waals surface area contributed by atoms with Crippen LogP contribution in [-0.4, -0.2) is 34.6 Å². The van der Waals surface area contributed by atoms with Crippen LogP contribution in [0.25, 0.3) is 0 Å². The first-order valence-electron chi connectivity index (χ1n) is 10.7. The number of nitrogens with one attached hydrogen (secondary N) is 1. The summed E-state index contributed by atoms with van der Waals surface area (Å²) in [4.78, 5) is 28.8. The smallest absolute Gasteiger partial charge is 0.242 e. The first-order valence-corrected chi connectivity index (χ1v) is 12.4. The number of carbonyl (C=O) groups is 2. The fourth-order valence-electron chi connectivity index (χ4n) is 3.72. The molecular formula is C24H28Cl2N2O2S. The summed E-state index contributed by atoms with van der Waals surface area (Å²) in [5.74, 6) is 0.462. The van der Waals surface area contributed by atoms with Gasteiger partial charge in [0.2, 0.25) is 11.8 Å². The number of nitrogens with zero attached hydrogens (tertiary/aromatic N) is 1. The SMILES string of the molecule is C[C@@H](C(=O)NC1CCCC1)N(Cc1ccccc1Cl)C(=O)CCSc1ccc(Cl)cc1. The second-order valence-electron chi connectivity index (χ2n) is 7.83. The van der Waals surface area contributed by atoms with E-state index in [4.69, 9.17) is 23.2 Å². The van der Waals surface area contributed by atoms with E-state index in [0.717, 1.165) is 36.1 Å². The normalized spacial score (nSPS) is 14.9. The van der Waals surface area contributed by atoms with E-state index in [1.54, 1.807) is 29.7 Å². The van der Waals surface area contributed by atoms with E-state index >= 15 is 0 Å². The van der Waals surface area contributed by atoms with Crippen molar-refractivity contribution in [2.75, 3.05) is 5.75 Å². The van der Waals surface area contributed by atoms with Crippen molar-refractivity contribution in [3.63, 3.8) is 0 Å². The van der Waals surface area contributed by atoms with Gasteiger partial charge in [0.25, 0.3) is 0 Å². The van der Waals surface area contributed by atoms with Crippen molar-refractivity contribution in [2.24, 2.45) is 0 Å². The Morgan fingerprint density at radius 2 is 1.77 bits per heavy atom. The lowest BCUT2D eigenvalue weighted by molar-refractivity contribution is -0.140. The highest BCUT2D eigenvalue weighted by molar-refractivity contribution is 7.99. The summed E-state index contributed by atoms with van der Waals surface area (Å²) in [7, 11) is 0. The highest BCUT2D eigenvalue weighted by Gasteiger charge is 2.28. The van der Waals surface area contributed by atoms with Crippen LogP contribution in [0, 0.1) is 0 Å². The molecule has 0 aromatic heterocycles. The van der Waals surface area contributed by atoms with E-state index < -0.39 is 6.04 Å². The van der Waals surface area contributed by atoms with E-state index in [-0.39, 0.29) is 17.9 Å². The third-order valence-corrected chi connectivity index (χ3v) is 7.20. The molecule has 1 atom stereocenters. The summed E-state index contributed by atoms with van der Waals surface area (Å²) in [6.45, 7) is 2.11. The largest absolute Gasteiger partial charge is 0.352 e. The number of thioether (sulfide) groups is 1. The van der Waals surface area contributed by atoms with Crippen LogP contribution in [0.1, 0.15) is 44.6 Å². The second-order valence-corrected chi connectivity index (χ2v) is 9.84. The van der Waals surface area contributed by atoms with Crippen molar-refractivity contribution in [3.05, 3.63) is 64.1 Å². The molecule has 1 aliphatic rings. The lowest BCUT2D eigenvalue weighted by atomic mass is 10.1. The lowest BCUT2D eigenvalue weighted by Crippen LogP contribution is -2.49. The summed E-state index contributed by atoms with van der Waals surface area (Å²) >= 11 is 13.9. The maximum Gasteiger partial charge on any atom is 0.242 e. The molecule has 1 N–H and O–H groups in total. The van der Waals surface area contributed by atoms with E-state index in [0.29, 0.717) is 28.8 Å². The lowest BCUT2D eigenvalue weighted by Gasteiger charge is -2.30. The van der Waals surface area contributed by atoms with Crippen LogP contribution in [0.5, 0.6) is 0 Å². The van der Waals surface area contributed by atoms with Gasteiger partial charge in [0.05, 0.1) is 0 Å². The van der Waals surface area contributed by atoms with Gasteiger partial charge in [-0.25, -0.2) is 0 Å². The number of hydrogen-bond donors (Lipinski definition) is 1. The Labute approximate surface area is 198 Å². The first-order chi connectivity index (χ1) is 14.9. The van der Waals surface area contributed by atoms with E-state index in [9.17, 15) is 9.59 Å². The molecule has 0 heterocycles. The minimum absolute atomic E-state index is 0.0598. The third kappa shape index (κ3) is 7.16. The monoisotopic (exact) mass is 478 g/mol. The van der Waals surface area contributed by atoms with E-state index in [2.05, 4.69) is 5.32 Å². The molecule has 0 bridgehead atoms. The molecule has 166 valence electrons. The highest BCUT2D eigenvalue weighted by Crippen LogP contribution is 2.24. The van der Waals surface area contributed by atoms with Gasteiger partial charge in [-0.1, -0.05) is 54.2 Å². The van der Waals surface area contributed by atoms with Crippen molar-refractivity contribution >= 4 is 46.8 Å². The number of hydrogen-bond acceptors (Lipinski definition) is 3. The van der Waals surface area contributed by atoms with Gasteiger partial charge < -0.3 is 10.2 Å². The van der Waals surface area contributed by atoms with Crippen LogP contribution >= 0.6 is 35.0 Å². The predicted molar refractivity (Wildman–Crippen MR) is 129 cm³/mol. The van der Waals surface area contributed by atoms with Crippen molar-refractivity contribution in [2.45, 2.75) is 62.6 Å². The summed E-state index contributed by atoms with van der Waals surface area (Å²) < 4.78 is 0. The van der Waals surface area contributed by atoms with E-state index in [1.165, 1.54) is 0 Å². The van der Waals surface area contributed by atoms with Crippen LogP contribution < -0.4 is 5.32 Å². The minimum Gasteiger partial charge on any atom is -0.352 e. The highest BCUT2D eigenvalue weighted by atomic mass is 35.5. The van der Waals surface area contributed by atoms with Crippen LogP contribution in [0.2, 0.25) is 10.0 Å². The number of rotatable bonds is 9. The average molecular weight is 479 g/mol. The molecular weight excluding hydrogens is 451 g/mol. The molecule has 1 fully saturated rings. The molecule has 7 heteroatoms. The molecule has 31 heavy (non-hydrogen) atoms. The standard InChI is InChI=1S/C24H28Cl2N2O2S/c1-17(24(30)27-20-7-3-4-8-20)28(16-18-6-2-5-9-22(18)26)23(29)14-15-31-21-12-10-19(25)11-13-21/h2,5-6,9-13,17,20H,3-4,7-8,14-16H2,1H3,(H,27,30)/t17-/m0/s1. The van der Waals surface area contributed by atoms with Gasteiger partial charge in [0, 0.05) is 39.7 Å². The Kier molecular flexibility index (Phi) is 9.12. The number of carbonyl (C=O) groups excluding carboxylic acids is 2. The van der Waals surface area contributed by atoms with Gasteiger partial charge in [0.15, 0.2) is 0 Å². The topological polar surface area (TPSA) is 49.4 Å². The zero-order valence-electron chi connectivity index (χ0n) is 17.7. The summed E-state index contributed by atoms with van der Waals surface area (Å²) in [6, 6.07) is 14.7. The van der Waals surface area contributed by atoms with Crippen LogP contribution in [-0.2, 0) is 16.1 Å². The minimum atomic E-state index is -0.565. The van der Waals surface area contributed by atoms with E-state index in [1.807, 2.05) is 42.5 Å². The molecule has 2 aromatic rings. The molecule has 4 nitrogen and oxygen atoms in total. The van der Waals surface area contributed by atoms with Gasteiger partial charge in [-0.15, -0.1) is 11.8 Å². The summed E-state index contributed by atoms with van der Waals surface area (Å²) in [5, 5.41) is 4.40. The van der Waals surface area contributed by atoms with Crippen LogP contribution in [0.15, 0.2) is 53.4 Å². The molecule has 0 spiro atoms. The van der Waals surface area contributed by atoms with Crippen molar-refractivity contribution in [1.82, 2.24) is 10.2 Å². The van der Waals surface area contributed by atoms with Crippen LogP contribution in [0.4, 0.5) is 0 Å². The molecule has 3 rings (SSSR count). The van der Waals surface area contributed by atoms with Gasteiger partial charge >= 0.3 is 0 Å². The van der Waals surface area contributed by atoms with Gasteiger partial charge in [0.1, 0.15) is 6.04 Å². The third-order valence-electron chi connectivity index (χ3n) is 5.57. The molecule has 2 amide bonds. The number of benzene rings is 2. The number of amides is 2. The first kappa shape index (κ1) is 24.0. The average Bonchev–Trinajstić information content (AvgIpc) is 3.27. The van der Waals surface area contributed by atoms with Crippen molar-refractivity contribution in [3.8, 4) is 0 Å². The molecule has 0 saturated heterocycles. The zero-order chi connectivity index (χ0) is 22.2. The predicted octanol–water partition coefficient (Wildman–Crippen LogP) is 5.95. The molecule has 0 unspecified atom stereocenters. The molecule has 0 aliphatic heterocycles. The summed E-state index contributed by atoms with van der Waals surface area (Å²) in [6.07, 6.45) is 4.63. The Hall–Kier alpha value is -1.69. The zero-order valence-corrected chi connectivity index (χ0v) is 20.0. The molecule has 0 radical (unpaired) electrons. The maximum atomic E-state index is 13.2. The van der Waals surface area contributed by atoms with Gasteiger partial charge in [-0.2, -0.15) is 0 Å². The summed E-state index contributed by atoms with van der Waals surface area (Å²) in [5.41, 5.74) is 0.836. The Bertz CT molecular complexity index is 885. The molecule has 2 aromatic carbocycles. The van der Waals surface area contributed by atoms with Gasteiger partial charge in [-0.3, -0.25) is 9.59 Å². The fourth-order valence-corrected chi connectivity index (χ4v) is 4.88. The molecule has 1 aliphatic carbocycles. The van der Waals surface area contributed by atoms with Gasteiger partial charge in [-0.05, 0) is 55.7 Å². The number of halogens is 2. The molecule has 1 saturated carbocycles. The van der Waals surface area contributed by atoms with Crippen LogP contribution in [0.3, 0.4) is 0 Å². The maximum absolute atomic E-state index is 13.2. The second kappa shape index (κ2) is 11.8. The quantitative estimate of drug-likeness (QED) is 0.452. The van der Waals surface area contributed by atoms with Crippen molar-refractivity contribution in [1.29, 1.82) is 0 Å². The fraction of sp³-hybridized carbons (Fsp3) is 0.417. The Balaban J connectivity index is 1.66. The Morgan fingerprint density at radius 3 is 2.45 bits per heavy atom. The Morgan fingerprint density at radius 1 is 1.10 bits per heavy atom.